The molecule has 2 N–H and O–H groups in total. The van der Waals surface area contributed by atoms with Crippen molar-refractivity contribution in [1.82, 2.24) is 25.3 Å². The third-order valence-electron chi connectivity index (χ3n) is 5.87. The molecule has 0 saturated carbocycles. The largest absolute Gasteiger partial charge is 0.488 e. The van der Waals surface area contributed by atoms with E-state index in [1.165, 1.54) is 6.33 Å². The first-order valence-electron chi connectivity index (χ1n) is 12.0. The Morgan fingerprint density at radius 2 is 2.00 bits per heavy atom. The number of rotatable bonds is 8. The number of nitrogens with one attached hydrogen (secondary N) is 2. The zero-order chi connectivity index (χ0) is 25.8. The molecule has 3 aromatic heterocycles. The number of hydrogen-bond acceptors (Lipinski definition) is 9. The van der Waals surface area contributed by atoms with E-state index in [4.69, 9.17) is 21.1 Å². The van der Waals surface area contributed by atoms with Crippen LogP contribution in [-0.2, 0) is 0 Å². The minimum Gasteiger partial charge on any atom is -0.488 e. The number of fused-ring (bicyclic) bond motifs is 1. The van der Waals surface area contributed by atoms with Crippen LogP contribution in [0.15, 0.2) is 36.7 Å². The number of nitrogens with zero attached hydrogens (tertiary/aromatic N) is 4. The van der Waals surface area contributed by atoms with Gasteiger partial charge in [-0.1, -0.05) is 11.6 Å². The van der Waals surface area contributed by atoms with E-state index in [0.717, 1.165) is 41.5 Å². The second kappa shape index (κ2) is 11.4. The van der Waals surface area contributed by atoms with Crippen molar-refractivity contribution in [2.24, 2.45) is 0 Å². The van der Waals surface area contributed by atoms with Crippen molar-refractivity contribution in [2.75, 3.05) is 25.0 Å². The summed E-state index contributed by atoms with van der Waals surface area (Å²) in [5.41, 5.74) is 2.20. The molecule has 4 aromatic rings. The van der Waals surface area contributed by atoms with Crippen LogP contribution in [0.4, 0.5) is 15.9 Å². The Balaban J connectivity index is 1.30. The lowest BCUT2D eigenvalue weighted by molar-refractivity contribution is 0.156. The van der Waals surface area contributed by atoms with Gasteiger partial charge in [0.1, 0.15) is 35.3 Å². The molecule has 1 aliphatic heterocycles. The van der Waals surface area contributed by atoms with Crippen molar-refractivity contribution in [2.45, 2.75) is 32.8 Å². The van der Waals surface area contributed by atoms with Gasteiger partial charge >= 0.3 is 0 Å². The second-order valence-electron chi connectivity index (χ2n) is 8.57. The lowest BCUT2D eigenvalue weighted by Crippen LogP contribution is -2.34. The number of piperidine rings is 1. The molecule has 0 bridgehead atoms. The van der Waals surface area contributed by atoms with Gasteiger partial charge in [-0.25, -0.2) is 24.3 Å². The highest BCUT2D eigenvalue weighted by molar-refractivity contribution is 7.12. The number of anilines is 2. The van der Waals surface area contributed by atoms with E-state index in [0.29, 0.717) is 22.7 Å². The predicted molar refractivity (Wildman–Crippen MR) is 145 cm³/mol. The molecule has 1 fully saturated rings. The summed E-state index contributed by atoms with van der Waals surface area (Å²) in [6, 6.07) is 6.78. The lowest BCUT2D eigenvalue weighted by Gasteiger charge is -2.23. The number of halogens is 2. The molecule has 0 unspecified atom stereocenters. The second-order valence-corrected chi connectivity index (χ2v) is 10.2. The van der Waals surface area contributed by atoms with Gasteiger partial charge in [-0.3, -0.25) is 0 Å². The Kier molecular flexibility index (Phi) is 7.78. The number of benzene rings is 1. The Hall–Kier alpha value is -3.34. The normalized spacial score (nSPS) is 14.4. The molecule has 0 spiro atoms. The lowest BCUT2D eigenvalue weighted by atomic mass is 10.1. The summed E-state index contributed by atoms with van der Waals surface area (Å²) < 4.78 is 26.9. The highest BCUT2D eigenvalue weighted by atomic mass is 35.5. The summed E-state index contributed by atoms with van der Waals surface area (Å²) in [5, 5.41) is 7.19. The zero-order valence-corrected chi connectivity index (χ0v) is 22.0. The minimum absolute atomic E-state index is 0.0981. The van der Waals surface area contributed by atoms with Crippen LogP contribution in [0, 0.1) is 19.7 Å². The van der Waals surface area contributed by atoms with Crippen molar-refractivity contribution in [3.63, 3.8) is 0 Å². The third kappa shape index (κ3) is 5.98. The van der Waals surface area contributed by atoms with Crippen LogP contribution < -0.4 is 20.1 Å². The predicted octanol–water partition coefficient (Wildman–Crippen LogP) is 5.86. The van der Waals surface area contributed by atoms with E-state index in [1.54, 1.807) is 29.5 Å². The maximum Gasteiger partial charge on any atom is 0.214 e. The molecule has 0 aliphatic carbocycles. The Bertz CT molecular complexity index is 1440. The van der Waals surface area contributed by atoms with E-state index < -0.39 is 5.82 Å². The molecule has 37 heavy (non-hydrogen) atoms. The van der Waals surface area contributed by atoms with E-state index in [2.05, 4.69) is 30.6 Å². The molecule has 0 atom stereocenters. The van der Waals surface area contributed by atoms with Crippen molar-refractivity contribution >= 4 is 51.6 Å². The summed E-state index contributed by atoms with van der Waals surface area (Å²) in [5.74, 6) is 0.430. The van der Waals surface area contributed by atoms with Gasteiger partial charge in [0.15, 0.2) is 11.6 Å². The quantitative estimate of drug-likeness (QED) is 0.287. The fourth-order valence-electron chi connectivity index (χ4n) is 4.03. The van der Waals surface area contributed by atoms with Gasteiger partial charge < -0.3 is 20.1 Å². The molecular weight excluding hydrogens is 515 g/mol. The summed E-state index contributed by atoms with van der Waals surface area (Å²) in [4.78, 5) is 18.6. The van der Waals surface area contributed by atoms with E-state index in [-0.39, 0.29) is 29.2 Å². The molecule has 8 nitrogen and oxygen atoms in total. The maximum atomic E-state index is 15.2. The maximum absolute atomic E-state index is 15.2. The number of aryl methyl sites for hydroxylation is 2. The van der Waals surface area contributed by atoms with Crippen LogP contribution in [0.3, 0.4) is 0 Å². The number of ether oxygens (including phenoxy) is 2. The zero-order valence-electron chi connectivity index (χ0n) is 20.4. The fourth-order valence-corrected chi connectivity index (χ4v) is 5.10. The van der Waals surface area contributed by atoms with Crippen LogP contribution in [0.5, 0.6) is 11.6 Å². The number of pyridine rings is 1. The summed E-state index contributed by atoms with van der Waals surface area (Å²) in [6.45, 7) is 5.99. The first-order valence-corrected chi connectivity index (χ1v) is 13.1. The molecule has 4 heterocycles. The molecular formula is C26H26ClFN6O2S. The van der Waals surface area contributed by atoms with Gasteiger partial charge in [0, 0.05) is 10.9 Å². The Morgan fingerprint density at radius 3 is 2.78 bits per heavy atom. The van der Waals surface area contributed by atoms with Gasteiger partial charge in [0.05, 0.1) is 21.9 Å². The highest BCUT2D eigenvalue weighted by Gasteiger charge is 2.18. The first-order chi connectivity index (χ1) is 18.0. The number of aromatic nitrogens is 4. The summed E-state index contributed by atoms with van der Waals surface area (Å²) in [6.07, 6.45) is 7.11. The van der Waals surface area contributed by atoms with Gasteiger partial charge in [-0.05, 0) is 70.1 Å². The van der Waals surface area contributed by atoms with Crippen LogP contribution in [0.1, 0.15) is 28.4 Å². The fraction of sp³-hybridized carbons (Fsp3) is 0.308. The van der Waals surface area contributed by atoms with Crippen LogP contribution in [0.2, 0.25) is 5.02 Å². The summed E-state index contributed by atoms with van der Waals surface area (Å²) in [7, 11) is 0. The molecule has 5 rings (SSSR count). The average molecular weight is 541 g/mol. The monoisotopic (exact) mass is 540 g/mol. The molecule has 1 aliphatic rings. The van der Waals surface area contributed by atoms with E-state index >= 15 is 4.39 Å². The van der Waals surface area contributed by atoms with Gasteiger partial charge in [-0.2, -0.15) is 0 Å². The van der Waals surface area contributed by atoms with E-state index in [9.17, 15) is 0 Å². The topological polar surface area (TPSA) is 94.1 Å². The first kappa shape index (κ1) is 25.3. The van der Waals surface area contributed by atoms with Crippen molar-refractivity contribution in [3.8, 4) is 11.6 Å². The van der Waals surface area contributed by atoms with Crippen LogP contribution >= 0.6 is 22.9 Å². The van der Waals surface area contributed by atoms with E-state index in [1.807, 2.05) is 32.1 Å². The summed E-state index contributed by atoms with van der Waals surface area (Å²) >= 11 is 7.90. The minimum atomic E-state index is -0.647. The standard InChI is InChI=1S/C26H26ClFN6O2S/c1-15-21(37-16(2)32-15)4-3-13-35-20-7-5-18(24(28)23(20)27)33-26-25-19(30-14-31-26)6-8-22(34-25)36-17-9-11-29-12-10-17/h3-8,14,17,29H,9-13H2,1-2H3,(H,30,31,33). The Morgan fingerprint density at radius 1 is 1.16 bits per heavy atom. The van der Waals surface area contributed by atoms with Gasteiger partial charge in [0.2, 0.25) is 5.88 Å². The molecule has 192 valence electrons. The SMILES string of the molecule is Cc1nc(C)c(C=CCOc2ccc(Nc3ncnc4ccc(OC5CCNCC5)nc34)c(F)c2Cl)s1. The third-order valence-corrected chi connectivity index (χ3v) is 7.26. The van der Waals surface area contributed by atoms with Crippen LogP contribution in [-0.4, -0.2) is 45.7 Å². The van der Waals surface area contributed by atoms with Crippen LogP contribution in [0.25, 0.3) is 17.1 Å². The van der Waals surface area contributed by atoms with Crippen molar-refractivity contribution < 1.29 is 13.9 Å². The highest BCUT2D eigenvalue weighted by Crippen LogP contribution is 2.34. The molecule has 1 aromatic carbocycles. The van der Waals surface area contributed by atoms with Crippen molar-refractivity contribution in [3.05, 3.63) is 63.1 Å². The van der Waals surface area contributed by atoms with Gasteiger partial charge in [-0.15, -0.1) is 11.3 Å². The molecule has 11 heteroatoms. The molecule has 1 saturated heterocycles. The number of hydrogen-bond donors (Lipinski definition) is 2. The average Bonchev–Trinajstić information content (AvgIpc) is 3.23. The molecule has 0 amide bonds. The van der Waals surface area contributed by atoms with Crippen molar-refractivity contribution in [1.29, 1.82) is 0 Å². The smallest absolute Gasteiger partial charge is 0.214 e. The van der Waals surface area contributed by atoms with Gasteiger partial charge in [0.25, 0.3) is 0 Å². The Labute approximate surface area is 222 Å². The molecule has 0 radical (unpaired) electrons. The number of thiazole rings is 1.